The van der Waals surface area contributed by atoms with Gasteiger partial charge in [0.2, 0.25) is 5.91 Å². The number of amides is 1. The Bertz CT molecular complexity index is 557. The van der Waals surface area contributed by atoms with Crippen molar-refractivity contribution in [3.8, 4) is 0 Å². The summed E-state index contributed by atoms with van der Waals surface area (Å²) in [5.74, 6) is 0.863. The topological polar surface area (TPSA) is 41.5 Å². The molecule has 2 aliphatic rings. The van der Waals surface area contributed by atoms with Crippen molar-refractivity contribution in [1.29, 1.82) is 0 Å². The van der Waals surface area contributed by atoms with E-state index in [9.17, 15) is 4.79 Å². The molecule has 0 aliphatic heterocycles. The second-order valence-corrected chi connectivity index (χ2v) is 7.25. The zero-order valence-electron chi connectivity index (χ0n) is 11.6. The van der Waals surface area contributed by atoms with Gasteiger partial charge in [0.1, 0.15) is 0 Å². The average Bonchev–Trinajstić information content (AvgIpc) is 3.06. The van der Waals surface area contributed by atoms with Gasteiger partial charge in [-0.25, -0.2) is 5.43 Å². The Morgan fingerprint density at radius 2 is 2.25 bits per heavy atom. The van der Waals surface area contributed by atoms with E-state index >= 15 is 0 Å². The van der Waals surface area contributed by atoms with Crippen molar-refractivity contribution in [1.82, 2.24) is 5.43 Å². The average molecular weight is 382 g/mol. The van der Waals surface area contributed by atoms with Crippen LogP contribution in [-0.4, -0.2) is 12.1 Å². The van der Waals surface area contributed by atoms with Gasteiger partial charge in [0, 0.05) is 15.1 Å². The number of nitrogens with zero attached hydrogens (tertiary/aromatic N) is 1. The summed E-state index contributed by atoms with van der Waals surface area (Å²) >= 11 is 2.27. The molecule has 0 radical (unpaired) electrons. The van der Waals surface area contributed by atoms with Crippen molar-refractivity contribution >= 4 is 34.7 Å². The second kappa shape index (κ2) is 5.47. The summed E-state index contributed by atoms with van der Waals surface area (Å²) in [5.41, 5.74) is 4.01. The minimum absolute atomic E-state index is 0.0987. The summed E-state index contributed by atoms with van der Waals surface area (Å²) in [5, 5.41) is 4.12. The highest BCUT2D eigenvalue weighted by Crippen LogP contribution is 2.66. The number of nitrogens with one attached hydrogen (secondary N) is 1. The zero-order chi connectivity index (χ0) is 14.2. The van der Waals surface area contributed by atoms with Crippen LogP contribution in [0.5, 0.6) is 0 Å². The van der Waals surface area contributed by atoms with Gasteiger partial charge in [0.05, 0.1) is 6.21 Å². The van der Waals surface area contributed by atoms with E-state index < -0.39 is 0 Å². The second-order valence-electron chi connectivity index (χ2n) is 6.09. The van der Waals surface area contributed by atoms with E-state index in [2.05, 4.69) is 40.0 Å². The molecule has 0 saturated heterocycles. The molecule has 0 aromatic heterocycles. The van der Waals surface area contributed by atoms with E-state index in [1.54, 1.807) is 6.21 Å². The quantitative estimate of drug-likeness (QED) is 0.485. The normalized spacial score (nSPS) is 31.9. The van der Waals surface area contributed by atoms with Crippen LogP contribution in [0, 0.1) is 20.8 Å². The third-order valence-electron chi connectivity index (χ3n) is 4.90. The lowest BCUT2D eigenvalue weighted by Crippen LogP contribution is -2.22. The molecule has 0 unspecified atom stereocenters. The smallest absolute Gasteiger partial charge is 0.244 e. The van der Waals surface area contributed by atoms with Gasteiger partial charge in [0.15, 0.2) is 0 Å². The molecule has 4 heteroatoms. The largest absolute Gasteiger partial charge is 0.273 e. The van der Waals surface area contributed by atoms with Gasteiger partial charge < -0.3 is 0 Å². The SMILES string of the molecule is C[C@]12CCCC[C@H]1[C@H]2C(=O)N/N=C\c1ccccc1I. The van der Waals surface area contributed by atoms with Crippen molar-refractivity contribution in [2.75, 3.05) is 0 Å². The van der Waals surface area contributed by atoms with Crippen molar-refractivity contribution < 1.29 is 4.79 Å². The fourth-order valence-electron chi connectivity index (χ4n) is 3.67. The fourth-order valence-corrected chi connectivity index (χ4v) is 4.19. The van der Waals surface area contributed by atoms with Crippen LogP contribution in [0.2, 0.25) is 0 Å². The highest BCUT2D eigenvalue weighted by molar-refractivity contribution is 14.1. The molecule has 0 spiro atoms. The maximum Gasteiger partial charge on any atom is 0.244 e. The highest BCUT2D eigenvalue weighted by Gasteiger charge is 2.64. The molecule has 1 N–H and O–H groups in total. The summed E-state index contributed by atoms with van der Waals surface area (Å²) in [6, 6.07) is 7.99. The molecule has 0 heterocycles. The van der Waals surface area contributed by atoms with Crippen LogP contribution in [0.1, 0.15) is 38.2 Å². The molecule has 1 aromatic rings. The summed E-state index contributed by atoms with van der Waals surface area (Å²) in [7, 11) is 0. The molecule has 3 rings (SSSR count). The lowest BCUT2D eigenvalue weighted by atomic mass is 9.90. The summed E-state index contributed by atoms with van der Waals surface area (Å²) in [4.78, 5) is 12.2. The van der Waals surface area contributed by atoms with E-state index in [-0.39, 0.29) is 17.2 Å². The molecular weight excluding hydrogens is 363 g/mol. The molecule has 1 amide bonds. The first-order chi connectivity index (χ1) is 9.63. The monoisotopic (exact) mass is 382 g/mol. The van der Waals surface area contributed by atoms with Crippen LogP contribution >= 0.6 is 22.6 Å². The summed E-state index contributed by atoms with van der Waals surface area (Å²) < 4.78 is 1.13. The van der Waals surface area contributed by atoms with Crippen LogP contribution < -0.4 is 5.43 Å². The van der Waals surface area contributed by atoms with Crippen molar-refractivity contribution in [3.05, 3.63) is 33.4 Å². The number of benzene rings is 1. The van der Waals surface area contributed by atoms with E-state index in [0.29, 0.717) is 5.92 Å². The predicted molar refractivity (Wildman–Crippen MR) is 88.5 cm³/mol. The van der Waals surface area contributed by atoms with Crippen LogP contribution in [0.3, 0.4) is 0 Å². The molecule has 2 saturated carbocycles. The molecule has 106 valence electrons. The number of halogens is 1. The third-order valence-corrected chi connectivity index (χ3v) is 5.88. The van der Waals surface area contributed by atoms with Crippen molar-refractivity contribution in [2.24, 2.45) is 22.4 Å². The summed E-state index contributed by atoms with van der Waals surface area (Å²) in [6.45, 7) is 2.25. The lowest BCUT2D eigenvalue weighted by Gasteiger charge is -2.15. The van der Waals surface area contributed by atoms with Crippen LogP contribution in [0.15, 0.2) is 29.4 Å². The molecule has 3 nitrogen and oxygen atoms in total. The van der Waals surface area contributed by atoms with Gasteiger partial charge in [-0.3, -0.25) is 4.79 Å². The van der Waals surface area contributed by atoms with Gasteiger partial charge in [-0.15, -0.1) is 0 Å². The van der Waals surface area contributed by atoms with Gasteiger partial charge >= 0.3 is 0 Å². The number of rotatable bonds is 3. The van der Waals surface area contributed by atoms with E-state index in [4.69, 9.17) is 0 Å². The fraction of sp³-hybridized carbons (Fsp3) is 0.500. The zero-order valence-corrected chi connectivity index (χ0v) is 13.8. The molecule has 2 aliphatic carbocycles. The van der Waals surface area contributed by atoms with Crippen LogP contribution in [0.4, 0.5) is 0 Å². The molecule has 20 heavy (non-hydrogen) atoms. The Balaban J connectivity index is 1.60. The number of hydrogen-bond donors (Lipinski definition) is 1. The van der Waals surface area contributed by atoms with E-state index in [1.807, 2.05) is 24.3 Å². The number of carbonyl (C=O) groups excluding carboxylic acids is 1. The first kappa shape index (κ1) is 14.0. The van der Waals surface area contributed by atoms with Gasteiger partial charge in [-0.1, -0.05) is 38.0 Å². The van der Waals surface area contributed by atoms with Gasteiger partial charge in [-0.05, 0) is 52.8 Å². The number of hydrazone groups is 1. The number of hydrogen-bond acceptors (Lipinski definition) is 2. The first-order valence-corrected chi connectivity index (χ1v) is 8.28. The molecule has 2 fully saturated rings. The summed E-state index contributed by atoms with van der Waals surface area (Å²) in [6.07, 6.45) is 6.66. The van der Waals surface area contributed by atoms with Crippen LogP contribution in [-0.2, 0) is 4.79 Å². The van der Waals surface area contributed by atoms with E-state index in [0.717, 1.165) is 9.13 Å². The van der Waals surface area contributed by atoms with E-state index in [1.165, 1.54) is 25.7 Å². The Kier molecular flexibility index (Phi) is 3.84. The lowest BCUT2D eigenvalue weighted by molar-refractivity contribution is -0.123. The van der Waals surface area contributed by atoms with Gasteiger partial charge in [0.25, 0.3) is 0 Å². The predicted octanol–water partition coefficient (Wildman–Crippen LogP) is 3.57. The Labute approximate surface area is 133 Å². The van der Waals surface area contributed by atoms with Gasteiger partial charge in [-0.2, -0.15) is 5.10 Å². The standard InChI is InChI=1S/C16H19IN2O/c1-16-9-5-4-7-12(16)14(16)15(20)19-18-10-11-6-2-3-8-13(11)17/h2-3,6,8,10,12,14H,4-5,7,9H2,1H3,(H,19,20)/b18-10-/t12-,14-,16-/m0/s1. The first-order valence-electron chi connectivity index (χ1n) is 7.20. The molecular formula is C16H19IN2O. The minimum Gasteiger partial charge on any atom is -0.273 e. The minimum atomic E-state index is 0.0987. The van der Waals surface area contributed by atoms with Crippen molar-refractivity contribution in [3.63, 3.8) is 0 Å². The Hall–Kier alpha value is -0.910. The van der Waals surface area contributed by atoms with Crippen LogP contribution in [0.25, 0.3) is 0 Å². The molecule has 1 aromatic carbocycles. The molecule has 3 atom stereocenters. The Morgan fingerprint density at radius 3 is 2.95 bits per heavy atom. The molecule has 0 bridgehead atoms. The number of carbonyl (C=O) groups is 1. The Morgan fingerprint density at radius 1 is 1.45 bits per heavy atom. The maximum atomic E-state index is 12.2. The third kappa shape index (κ3) is 2.50. The maximum absolute atomic E-state index is 12.2. The highest BCUT2D eigenvalue weighted by atomic mass is 127. The number of fused-ring (bicyclic) bond motifs is 1. The van der Waals surface area contributed by atoms with Crippen molar-refractivity contribution in [2.45, 2.75) is 32.6 Å².